The Hall–Kier alpha value is -4.21. The van der Waals surface area contributed by atoms with Crippen LogP contribution in [0.25, 0.3) is 11.8 Å². The fourth-order valence-electron chi connectivity index (χ4n) is 2.87. The smallest absolute Gasteiger partial charge is 0.387 e. The molecule has 1 aromatic heterocycles. The molecule has 8 nitrogen and oxygen atoms in total. The number of benzene rings is 2. The molecule has 0 aliphatic heterocycles. The number of nitrogens with one attached hydrogen (secondary N) is 1. The number of hydrogen-bond acceptors (Lipinski definition) is 6. The van der Waals surface area contributed by atoms with Crippen LogP contribution in [0, 0.1) is 0 Å². The largest absolute Gasteiger partial charge is 0.493 e. The predicted molar refractivity (Wildman–Crippen MR) is 117 cm³/mol. The molecule has 0 aliphatic carbocycles. The van der Waals surface area contributed by atoms with E-state index in [0.29, 0.717) is 11.4 Å². The summed E-state index contributed by atoms with van der Waals surface area (Å²) in [6, 6.07) is 12.9. The van der Waals surface area contributed by atoms with Crippen LogP contribution in [0.3, 0.4) is 0 Å². The topological polar surface area (TPSA) is 91.7 Å². The van der Waals surface area contributed by atoms with E-state index in [2.05, 4.69) is 15.2 Å². The van der Waals surface area contributed by atoms with E-state index in [1.165, 1.54) is 36.1 Å². The van der Waals surface area contributed by atoms with Gasteiger partial charge >= 0.3 is 12.6 Å². The number of amides is 1. The van der Waals surface area contributed by atoms with Crippen molar-refractivity contribution in [3.63, 3.8) is 0 Å². The van der Waals surface area contributed by atoms with Crippen LogP contribution in [-0.2, 0) is 9.53 Å². The number of alkyl halides is 2. The van der Waals surface area contributed by atoms with E-state index < -0.39 is 18.5 Å². The first-order valence-electron chi connectivity index (χ1n) is 9.85. The quantitative estimate of drug-likeness (QED) is 0.380. The minimum absolute atomic E-state index is 0.123. The molecule has 172 valence electrons. The van der Waals surface area contributed by atoms with E-state index in [-0.39, 0.29) is 29.4 Å². The zero-order chi connectivity index (χ0) is 23.8. The molecule has 0 aliphatic rings. The number of halogens is 2. The third-order valence-corrected chi connectivity index (χ3v) is 4.32. The highest BCUT2D eigenvalue weighted by Gasteiger charge is 2.14. The average molecular weight is 457 g/mol. The number of methoxy groups -OCH3 is 1. The van der Waals surface area contributed by atoms with E-state index in [9.17, 15) is 18.4 Å². The molecule has 0 spiro atoms. The van der Waals surface area contributed by atoms with Gasteiger partial charge in [-0.2, -0.15) is 13.9 Å². The lowest BCUT2D eigenvalue weighted by molar-refractivity contribution is -0.111. The SMILES string of the molecule is CCOC(=O)c1ccn(-c2ccc(NC(=O)/C=C\c3cccc(OC)c3OC(F)F)cc2)n1. The Balaban J connectivity index is 1.67. The van der Waals surface area contributed by atoms with Gasteiger partial charge in [0.25, 0.3) is 0 Å². The lowest BCUT2D eigenvalue weighted by atomic mass is 10.1. The Morgan fingerprint density at radius 1 is 1.15 bits per heavy atom. The molecule has 1 N–H and O–H groups in total. The minimum Gasteiger partial charge on any atom is -0.493 e. The Labute approximate surface area is 188 Å². The van der Waals surface area contributed by atoms with E-state index in [4.69, 9.17) is 9.47 Å². The van der Waals surface area contributed by atoms with Gasteiger partial charge in [0.2, 0.25) is 5.91 Å². The summed E-state index contributed by atoms with van der Waals surface area (Å²) in [6.45, 7) is -1.07. The van der Waals surface area contributed by atoms with Gasteiger partial charge in [-0.15, -0.1) is 0 Å². The fourth-order valence-corrected chi connectivity index (χ4v) is 2.87. The maximum atomic E-state index is 12.7. The Kier molecular flexibility index (Phi) is 7.74. The minimum atomic E-state index is -3.04. The third kappa shape index (κ3) is 6.16. The maximum Gasteiger partial charge on any atom is 0.387 e. The molecule has 0 unspecified atom stereocenters. The lowest BCUT2D eigenvalue weighted by Gasteiger charge is -2.12. The molecule has 3 aromatic rings. The molecule has 1 heterocycles. The molecule has 0 saturated heterocycles. The molecule has 0 bridgehead atoms. The first-order chi connectivity index (χ1) is 15.9. The van der Waals surface area contributed by atoms with Crippen molar-refractivity contribution >= 4 is 23.6 Å². The highest BCUT2D eigenvalue weighted by atomic mass is 19.3. The van der Waals surface area contributed by atoms with Gasteiger partial charge in [-0.3, -0.25) is 4.79 Å². The number of ether oxygens (including phenoxy) is 3. The van der Waals surface area contributed by atoms with E-state index in [0.717, 1.165) is 0 Å². The van der Waals surface area contributed by atoms with E-state index in [1.54, 1.807) is 49.5 Å². The van der Waals surface area contributed by atoms with Gasteiger partial charge in [0.05, 0.1) is 19.4 Å². The van der Waals surface area contributed by atoms with Crippen molar-refractivity contribution in [2.75, 3.05) is 19.0 Å². The molecule has 33 heavy (non-hydrogen) atoms. The van der Waals surface area contributed by atoms with Crippen molar-refractivity contribution in [2.24, 2.45) is 0 Å². The second-order valence-corrected chi connectivity index (χ2v) is 6.49. The fraction of sp³-hybridized carbons (Fsp3) is 0.174. The van der Waals surface area contributed by atoms with Crippen LogP contribution in [0.4, 0.5) is 14.5 Å². The third-order valence-electron chi connectivity index (χ3n) is 4.32. The molecule has 0 atom stereocenters. The Morgan fingerprint density at radius 3 is 2.58 bits per heavy atom. The monoisotopic (exact) mass is 457 g/mol. The Bertz CT molecular complexity index is 1140. The van der Waals surface area contributed by atoms with Gasteiger partial charge in [-0.25, -0.2) is 9.48 Å². The summed E-state index contributed by atoms with van der Waals surface area (Å²) in [5.41, 5.74) is 1.62. The van der Waals surface area contributed by atoms with Crippen molar-refractivity contribution in [1.82, 2.24) is 9.78 Å². The normalized spacial score (nSPS) is 10.9. The predicted octanol–water partition coefficient (Wildman–Crippen LogP) is 4.31. The zero-order valence-electron chi connectivity index (χ0n) is 17.8. The van der Waals surface area contributed by atoms with Gasteiger partial charge in [0, 0.05) is 23.5 Å². The molecule has 0 radical (unpaired) electrons. The number of nitrogens with zero attached hydrogens (tertiary/aromatic N) is 2. The molecule has 0 fully saturated rings. The Morgan fingerprint density at radius 2 is 1.91 bits per heavy atom. The first kappa shape index (κ1) is 23.5. The summed E-state index contributed by atoms with van der Waals surface area (Å²) >= 11 is 0. The molecular formula is C23H21F2N3O5. The maximum absolute atomic E-state index is 12.7. The second-order valence-electron chi connectivity index (χ2n) is 6.49. The molecule has 1 amide bonds. The van der Waals surface area contributed by atoms with Crippen molar-refractivity contribution in [1.29, 1.82) is 0 Å². The number of esters is 1. The van der Waals surface area contributed by atoms with Crippen LogP contribution in [0.15, 0.2) is 60.8 Å². The van der Waals surface area contributed by atoms with Gasteiger partial charge in [0.15, 0.2) is 17.2 Å². The second kappa shape index (κ2) is 10.9. The summed E-state index contributed by atoms with van der Waals surface area (Å²) < 4.78 is 41.4. The highest BCUT2D eigenvalue weighted by Crippen LogP contribution is 2.33. The van der Waals surface area contributed by atoms with Gasteiger partial charge in [-0.05, 0) is 49.4 Å². The van der Waals surface area contributed by atoms with Crippen LogP contribution in [0.2, 0.25) is 0 Å². The number of carbonyl (C=O) groups excluding carboxylic acids is 2. The summed E-state index contributed by atoms with van der Waals surface area (Å²) in [7, 11) is 1.33. The summed E-state index contributed by atoms with van der Waals surface area (Å²) in [5.74, 6) is -1.02. The molecule has 0 saturated carbocycles. The summed E-state index contributed by atoms with van der Waals surface area (Å²) in [6.07, 6.45) is 4.17. The summed E-state index contributed by atoms with van der Waals surface area (Å²) in [5, 5.41) is 6.83. The number of hydrogen-bond donors (Lipinski definition) is 1. The van der Waals surface area contributed by atoms with E-state index >= 15 is 0 Å². The lowest BCUT2D eigenvalue weighted by Crippen LogP contribution is -2.08. The van der Waals surface area contributed by atoms with Crippen molar-refractivity contribution < 1.29 is 32.6 Å². The molecule has 3 rings (SSSR count). The van der Waals surface area contributed by atoms with Gasteiger partial charge in [-0.1, -0.05) is 12.1 Å². The van der Waals surface area contributed by atoms with Crippen LogP contribution in [0.1, 0.15) is 23.0 Å². The van der Waals surface area contributed by atoms with Crippen molar-refractivity contribution in [3.8, 4) is 17.2 Å². The van der Waals surface area contributed by atoms with Crippen molar-refractivity contribution in [3.05, 3.63) is 72.1 Å². The van der Waals surface area contributed by atoms with E-state index in [1.807, 2.05) is 0 Å². The average Bonchev–Trinajstić information content (AvgIpc) is 3.29. The molecule has 2 aromatic carbocycles. The van der Waals surface area contributed by atoms with Crippen LogP contribution >= 0.6 is 0 Å². The highest BCUT2D eigenvalue weighted by molar-refractivity contribution is 6.02. The zero-order valence-corrected chi connectivity index (χ0v) is 17.8. The number of para-hydroxylation sites is 1. The van der Waals surface area contributed by atoms with Gasteiger partial charge in [0.1, 0.15) is 0 Å². The van der Waals surface area contributed by atoms with Crippen LogP contribution in [-0.4, -0.2) is 42.0 Å². The number of aromatic nitrogens is 2. The number of rotatable bonds is 9. The van der Waals surface area contributed by atoms with Crippen molar-refractivity contribution in [2.45, 2.75) is 13.5 Å². The summed E-state index contributed by atoms with van der Waals surface area (Å²) in [4.78, 5) is 24.0. The van der Waals surface area contributed by atoms with Gasteiger partial charge < -0.3 is 19.5 Å². The number of carbonyl (C=O) groups is 2. The van der Waals surface area contributed by atoms with Crippen LogP contribution < -0.4 is 14.8 Å². The molecule has 10 heteroatoms. The standard InChI is InChI=1S/C23H21F2N3O5/c1-3-32-22(30)18-13-14-28(27-18)17-10-8-16(9-11-17)26-20(29)12-7-15-5-4-6-19(31-2)21(15)33-23(24)25/h4-14,23H,3H2,1-2H3,(H,26,29)/b12-7-. The molecular weight excluding hydrogens is 436 g/mol. The first-order valence-corrected chi connectivity index (χ1v) is 9.85. The number of anilines is 1. The van der Waals surface area contributed by atoms with Crippen LogP contribution in [0.5, 0.6) is 11.5 Å².